The molecule has 7 nitrogen and oxygen atoms in total. The van der Waals surface area contributed by atoms with Crippen LogP contribution in [0.5, 0.6) is 0 Å². The highest BCUT2D eigenvalue weighted by Gasteiger charge is 2.39. The van der Waals surface area contributed by atoms with Crippen molar-refractivity contribution in [2.24, 2.45) is 10.9 Å². The van der Waals surface area contributed by atoms with E-state index in [2.05, 4.69) is 10.5 Å². The van der Waals surface area contributed by atoms with Crippen molar-refractivity contribution in [1.82, 2.24) is 5.32 Å². The molecule has 0 aliphatic heterocycles. The summed E-state index contributed by atoms with van der Waals surface area (Å²) in [7, 11) is -3.55. The molecule has 0 radical (unpaired) electrons. The van der Waals surface area contributed by atoms with Crippen LogP contribution >= 0.6 is 0 Å². The summed E-state index contributed by atoms with van der Waals surface area (Å²) in [5.74, 6) is -0.815. The van der Waals surface area contributed by atoms with E-state index in [4.69, 9.17) is 10.9 Å². The van der Waals surface area contributed by atoms with Crippen LogP contribution in [0.25, 0.3) is 0 Å². The second-order valence-corrected chi connectivity index (χ2v) is 7.19. The fourth-order valence-corrected chi connectivity index (χ4v) is 1.55. The van der Waals surface area contributed by atoms with Crippen molar-refractivity contribution in [3.05, 3.63) is 0 Å². The number of hydrogen-bond acceptors (Lipinski definition) is 5. The van der Waals surface area contributed by atoms with E-state index in [0.717, 1.165) is 6.26 Å². The molecule has 8 heteroatoms. The monoisotopic (exact) mass is 279 g/mol. The van der Waals surface area contributed by atoms with Gasteiger partial charge < -0.3 is 16.3 Å². The van der Waals surface area contributed by atoms with Gasteiger partial charge in [-0.3, -0.25) is 4.79 Å². The highest BCUT2D eigenvalue weighted by atomic mass is 32.2. The third-order valence-electron chi connectivity index (χ3n) is 2.83. The molecule has 106 valence electrons. The highest BCUT2D eigenvalue weighted by Crippen LogP contribution is 2.15. The molecule has 1 unspecified atom stereocenters. The van der Waals surface area contributed by atoms with Crippen LogP contribution in [0.4, 0.5) is 0 Å². The molecule has 0 fully saturated rings. The number of oxime groups is 1. The maximum Gasteiger partial charge on any atom is 0.241 e. The number of nitrogens with two attached hydrogens (primary N) is 1. The largest absolute Gasteiger partial charge is 0.409 e. The summed E-state index contributed by atoms with van der Waals surface area (Å²) in [5.41, 5.74) is 5.44. The lowest BCUT2D eigenvalue weighted by Gasteiger charge is -2.25. The number of sulfone groups is 1. The second-order valence-electron chi connectivity index (χ2n) is 4.62. The molecular weight excluding hydrogens is 258 g/mol. The molecule has 0 rings (SSSR count). The van der Waals surface area contributed by atoms with Crippen LogP contribution < -0.4 is 11.1 Å². The normalized spacial score (nSPS) is 15.2. The Balaban J connectivity index is 5.03. The number of rotatable bonds is 6. The zero-order valence-corrected chi connectivity index (χ0v) is 11.9. The maximum absolute atomic E-state index is 11.9. The van der Waals surface area contributed by atoms with E-state index < -0.39 is 26.5 Å². The van der Waals surface area contributed by atoms with Crippen molar-refractivity contribution >= 4 is 21.6 Å². The van der Waals surface area contributed by atoms with E-state index in [9.17, 15) is 13.2 Å². The molecule has 0 spiro atoms. The predicted octanol–water partition coefficient (Wildman–Crippen LogP) is -0.159. The average molecular weight is 279 g/mol. The number of carbonyl (C=O) groups is 1. The molecule has 0 heterocycles. The molecule has 0 aromatic heterocycles. The number of amides is 1. The van der Waals surface area contributed by atoms with Gasteiger partial charge in [-0.1, -0.05) is 18.5 Å². The van der Waals surface area contributed by atoms with Crippen LogP contribution in [-0.2, 0) is 14.6 Å². The zero-order valence-electron chi connectivity index (χ0n) is 11.1. The molecule has 4 N–H and O–H groups in total. The van der Waals surface area contributed by atoms with Crippen LogP contribution in [-0.4, -0.2) is 42.4 Å². The lowest BCUT2D eigenvalue weighted by Crippen LogP contribution is -2.54. The van der Waals surface area contributed by atoms with Crippen LogP contribution in [0.3, 0.4) is 0 Å². The first kappa shape index (κ1) is 16.7. The lowest BCUT2D eigenvalue weighted by atomic mass is 10.1. The van der Waals surface area contributed by atoms with Gasteiger partial charge in [0.05, 0.1) is 6.04 Å². The number of carbonyl (C=O) groups excluding carboxylic acids is 1. The van der Waals surface area contributed by atoms with Crippen LogP contribution in [0.1, 0.15) is 33.6 Å². The van der Waals surface area contributed by atoms with Crippen molar-refractivity contribution in [3.63, 3.8) is 0 Å². The first-order chi connectivity index (χ1) is 8.07. The summed E-state index contributed by atoms with van der Waals surface area (Å²) >= 11 is 0. The van der Waals surface area contributed by atoms with Gasteiger partial charge >= 0.3 is 0 Å². The van der Waals surface area contributed by atoms with Crippen molar-refractivity contribution in [3.8, 4) is 0 Å². The van der Waals surface area contributed by atoms with Crippen LogP contribution in [0.15, 0.2) is 5.16 Å². The van der Waals surface area contributed by atoms with Gasteiger partial charge in [-0.25, -0.2) is 8.42 Å². The van der Waals surface area contributed by atoms with E-state index in [1.165, 1.54) is 13.8 Å². The van der Waals surface area contributed by atoms with Crippen molar-refractivity contribution < 1.29 is 18.4 Å². The topological polar surface area (TPSA) is 122 Å². The minimum atomic E-state index is -3.55. The van der Waals surface area contributed by atoms with Gasteiger partial charge in [-0.2, -0.15) is 0 Å². The van der Waals surface area contributed by atoms with Gasteiger partial charge in [-0.15, -0.1) is 0 Å². The summed E-state index contributed by atoms with van der Waals surface area (Å²) in [5, 5.41) is 13.9. The molecule has 0 saturated heterocycles. The van der Waals surface area contributed by atoms with Crippen molar-refractivity contribution in [1.29, 1.82) is 0 Å². The minimum Gasteiger partial charge on any atom is -0.409 e. The Hall–Kier alpha value is -1.31. The van der Waals surface area contributed by atoms with Gasteiger partial charge in [0.2, 0.25) is 5.91 Å². The SMILES string of the molecule is CCCC(NC(=O)C(C)(C)S(C)(=O)=O)C(N)=NO. The Kier molecular flexibility index (Phi) is 5.59. The summed E-state index contributed by atoms with van der Waals surface area (Å²) in [4.78, 5) is 11.9. The molecule has 0 aliphatic rings. The number of hydrogen-bond donors (Lipinski definition) is 3. The first-order valence-electron chi connectivity index (χ1n) is 5.55. The van der Waals surface area contributed by atoms with Gasteiger partial charge in [0.15, 0.2) is 15.7 Å². The predicted molar refractivity (Wildman–Crippen MR) is 69.2 cm³/mol. The molecule has 0 aromatic rings. The van der Waals surface area contributed by atoms with Crippen LogP contribution in [0, 0.1) is 0 Å². The minimum absolute atomic E-state index is 0.144. The Morgan fingerprint density at radius 1 is 1.50 bits per heavy atom. The summed E-state index contributed by atoms with van der Waals surface area (Å²) in [6, 6.07) is -0.673. The maximum atomic E-state index is 11.9. The Morgan fingerprint density at radius 2 is 2.00 bits per heavy atom. The zero-order chi connectivity index (χ0) is 14.6. The number of nitrogens with one attached hydrogen (secondary N) is 1. The molecule has 0 aromatic carbocycles. The fourth-order valence-electron chi connectivity index (χ4n) is 1.15. The molecule has 0 aliphatic carbocycles. The fraction of sp³-hybridized carbons (Fsp3) is 0.800. The average Bonchev–Trinajstić information content (AvgIpc) is 2.25. The molecular formula is C10H21N3O4S. The molecule has 1 amide bonds. The van der Waals surface area contributed by atoms with E-state index >= 15 is 0 Å². The van der Waals surface area contributed by atoms with Gasteiger partial charge in [-0.05, 0) is 20.3 Å². The van der Waals surface area contributed by atoms with Gasteiger partial charge in [0.25, 0.3) is 0 Å². The van der Waals surface area contributed by atoms with E-state index in [1.807, 2.05) is 6.92 Å². The number of nitrogens with zero attached hydrogens (tertiary/aromatic N) is 1. The van der Waals surface area contributed by atoms with E-state index in [1.54, 1.807) is 0 Å². The first-order valence-corrected chi connectivity index (χ1v) is 7.45. The Labute approximate surface area is 107 Å². The summed E-state index contributed by atoms with van der Waals surface area (Å²) < 4.78 is 21.4. The highest BCUT2D eigenvalue weighted by molar-refractivity contribution is 7.92. The Bertz CT molecular complexity index is 428. The second kappa shape index (κ2) is 6.03. The van der Waals surface area contributed by atoms with Crippen molar-refractivity contribution in [2.45, 2.75) is 44.4 Å². The number of amidine groups is 1. The summed E-state index contributed by atoms with van der Waals surface area (Å²) in [6.45, 7) is 4.49. The standard InChI is InChI=1S/C10H21N3O4S/c1-5-6-7(8(11)13-15)12-9(14)10(2,3)18(4,16)17/h7,15H,5-6H2,1-4H3,(H2,11,13)(H,12,14). The third-order valence-corrected chi connectivity index (χ3v) is 4.87. The van der Waals surface area contributed by atoms with Crippen LogP contribution in [0.2, 0.25) is 0 Å². The molecule has 1 atom stereocenters. The smallest absolute Gasteiger partial charge is 0.241 e. The van der Waals surface area contributed by atoms with E-state index in [0.29, 0.717) is 12.8 Å². The summed E-state index contributed by atoms with van der Waals surface area (Å²) in [6.07, 6.45) is 2.15. The van der Waals surface area contributed by atoms with Gasteiger partial charge in [0, 0.05) is 6.26 Å². The molecule has 0 saturated carbocycles. The van der Waals surface area contributed by atoms with Gasteiger partial charge in [0.1, 0.15) is 4.75 Å². The molecule has 18 heavy (non-hydrogen) atoms. The quantitative estimate of drug-likeness (QED) is 0.270. The van der Waals surface area contributed by atoms with E-state index in [-0.39, 0.29) is 5.84 Å². The lowest BCUT2D eigenvalue weighted by molar-refractivity contribution is -0.123. The third kappa shape index (κ3) is 3.86. The molecule has 0 bridgehead atoms. The van der Waals surface area contributed by atoms with Crippen molar-refractivity contribution in [2.75, 3.05) is 6.26 Å². The Morgan fingerprint density at radius 3 is 2.33 bits per heavy atom.